The molecule has 2 saturated heterocycles. The standard InChI is InChI=1S/C19H24N2O5/c1-25-16-11-26-15(9-14(16)22)17(23)21-8-6-19(12-21)5-2-7-20(18(19)24)10-13-3-4-13/h9,11,13H,2-8,10,12H2,1H3/t19-/m0/s1. The Balaban J connectivity index is 1.48. The minimum absolute atomic E-state index is 0.00838. The second-order valence-corrected chi connectivity index (χ2v) is 7.73. The Bertz CT molecular complexity index is 784. The number of carbonyl (C=O) groups is 2. The third-order valence-corrected chi connectivity index (χ3v) is 5.87. The van der Waals surface area contributed by atoms with Crippen LogP contribution in [-0.4, -0.2) is 54.9 Å². The zero-order valence-electron chi connectivity index (χ0n) is 15.0. The largest absolute Gasteiger partial charge is 0.490 e. The highest BCUT2D eigenvalue weighted by Crippen LogP contribution is 2.42. The van der Waals surface area contributed by atoms with Crippen molar-refractivity contribution in [1.29, 1.82) is 0 Å². The van der Waals surface area contributed by atoms with Crippen LogP contribution in [0.4, 0.5) is 0 Å². The van der Waals surface area contributed by atoms with Gasteiger partial charge in [-0.2, -0.15) is 0 Å². The second-order valence-electron chi connectivity index (χ2n) is 7.73. The summed E-state index contributed by atoms with van der Waals surface area (Å²) in [5, 5.41) is 0. The van der Waals surface area contributed by atoms with Gasteiger partial charge in [-0.15, -0.1) is 0 Å². The van der Waals surface area contributed by atoms with Crippen LogP contribution in [0.15, 0.2) is 21.5 Å². The minimum atomic E-state index is -0.463. The van der Waals surface area contributed by atoms with Crippen molar-refractivity contribution < 1.29 is 18.7 Å². The number of carbonyl (C=O) groups excluding carboxylic acids is 2. The predicted octanol–water partition coefficient (Wildman–Crippen LogP) is 1.51. The van der Waals surface area contributed by atoms with E-state index < -0.39 is 5.41 Å². The van der Waals surface area contributed by atoms with Crippen molar-refractivity contribution in [3.8, 4) is 5.75 Å². The van der Waals surface area contributed by atoms with Gasteiger partial charge in [0.25, 0.3) is 5.91 Å². The number of amides is 2. The zero-order chi connectivity index (χ0) is 18.3. The van der Waals surface area contributed by atoms with Crippen molar-refractivity contribution in [2.45, 2.75) is 32.1 Å². The molecular formula is C19H24N2O5. The van der Waals surface area contributed by atoms with E-state index in [-0.39, 0.29) is 28.8 Å². The van der Waals surface area contributed by atoms with Gasteiger partial charge < -0.3 is 19.0 Å². The molecule has 3 aliphatic rings. The highest BCUT2D eigenvalue weighted by molar-refractivity contribution is 5.93. The maximum atomic E-state index is 13.1. The Labute approximate surface area is 151 Å². The molecule has 0 bridgehead atoms. The normalized spacial score (nSPS) is 25.8. The summed E-state index contributed by atoms with van der Waals surface area (Å²) in [5.41, 5.74) is -0.851. The Morgan fingerprint density at radius 1 is 1.31 bits per heavy atom. The summed E-state index contributed by atoms with van der Waals surface area (Å²) >= 11 is 0. The van der Waals surface area contributed by atoms with Crippen molar-refractivity contribution >= 4 is 11.8 Å². The van der Waals surface area contributed by atoms with Crippen LogP contribution < -0.4 is 10.2 Å². The predicted molar refractivity (Wildman–Crippen MR) is 93.0 cm³/mol. The monoisotopic (exact) mass is 360 g/mol. The van der Waals surface area contributed by atoms with Gasteiger partial charge in [0.1, 0.15) is 6.26 Å². The van der Waals surface area contributed by atoms with Crippen LogP contribution in [0.25, 0.3) is 0 Å². The van der Waals surface area contributed by atoms with Gasteiger partial charge in [-0.3, -0.25) is 14.4 Å². The molecule has 1 atom stereocenters. The first-order valence-corrected chi connectivity index (χ1v) is 9.28. The number of likely N-dealkylation sites (tertiary alicyclic amines) is 2. The molecule has 4 rings (SSSR count). The Morgan fingerprint density at radius 3 is 2.81 bits per heavy atom. The van der Waals surface area contributed by atoms with Crippen LogP contribution >= 0.6 is 0 Å². The van der Waals surface area contributed by atoms with Gasteiger partial charge in [-0.25, -0.2) is 0 Å². The molecular weight excluding hydrogens is 336 g/mol. The maximum Gasteiger partial charge on any atom is 0.289 e. The number of hydrogen-bond donors (Lipinski definition) is 0. The molecule has 0 unspecified atom stereocenters. The van der Waals surface area contributed by atoms with Crippen molar-refractivity contribution in [1.82, 2.24) is 9.80 Å². The van der Waals surface area contributed by atoms with Gasteiger partial charge >= 0.3 is 0 Å². The first-order chi connectivity index (χ1) is 12.5. The van der Waals surface area contributed by atoms with E-state index in [2.05, 4.69) is 0 Å². The second kappa shape index (κ2) is 6.45. The van der Waals surface area contributed by atoms with Crippen molar-refractivity contribution in [2.24, 2.45) is 11.3 Å². The molecule has 1 aliphatic carbocycles. The Kier molecular flexibility index (Phi) is 4.25. The van der Waals surface area contributed by atoms with Crippen LogP contribution in [0.1, 0.15) is 42.7 Å². The first kappa shape index (κ1) is 17.1. The molecule has 1 spiro atoms. The van der Waals surface area contributed by atoms with E-state index in [9.17, 15) is 14.4 Å². The van der Waals surface area contributed by atoms with E-state index in [4.69, 9.17) is 9.15 Å². The molecule has 2 amide bonds. The Morgan fingerprint density at radius 2 is 2.12 bits per heavy atom. The molecule has 7 heteroatoms. The molecule has 1 aromatic rings. The zero-order valence-corrected chi connectivity index (χ0v) is 15.0. The number of methoxy groups -OCH3 is 1. The van der Waals surface area contributed by atoms with Crippen molar-refractivity contribution in [3.05, 3.63) is 28.3 Å². The third-order valence-electron chi connectivity index (χ3n) is 5.87. The summed E-state index contributed by atoms with van der Waals surface area (Å²) < 4.78 is 10.2. The topological polar surface area (TPSA) is 80.1 Å². The van der Waals surface area contributed by atoms with E-state index in [1.54, 1.807) is 4.90 Å². The van der Waals surface area contributed by atoms with Crippen molar-refractivity contribution in [3.63, 3.8) is 0 Å². The fourth-order valence-electron chi connectivity index (χ4n) is 4.18. The summed E-state index contributed by atoms with van der Waals surface area (Å²) in [6.45, 7) is 2.61. The fourth-order valence-corrected chi connectivity index (χ4v) is 4.18. The minimum Gasteiger partial charge on any atom is -0.490 e. The average Bonchev–Trinajstić information content (AvgIpc) is 3.36. The van der Waals surface area contributed by atoms with Crippen LogP contribution in [0.5, 0.6) is 5.75 Å². The summed E-state index contributed by atoms with van der Waals surface area (Å²) in [6.07, 6.45) is 6.08. The number of hydrogen-bond acceptors (Lipinski definition) is 5. The van der Waals surface area contributed by atoms with Gasteiger partial charge in [-0.05, 0) is 38.0 Å². The summed E-state index contributed by atoms with van der Waals surface area (Å²) in [7, 11) is 1.38. The van der Waals surface area contributed by atoms with E-state index in [1.165, 1.54) is 20.0 Å². The van der Waals surface area contributed by atoms with Crippen molar-refractivity contribution in [2.75, 3.05) is 33.3 Å². The number of nitrogens with zero attached hydrogens (tertiary/aromatic N) is 2. The third kappa shape index (κ3) is 2.99. The summed E-state index contributed by atoms with van der Waals surface area (Å²) in [6, 6.07) is 1.16. The lowest BCUT2D eigenvalue weighted by molar-refractivity contribution is -0.145. The van der Waals surface area contributed by atoms with Gasteiger partial charge in [0, 0.05) is 32.2 Å². The molecule has 0 N–H and O–H groups in total. The van der Waals surface area contributed by atoms with Gasteiger partial charge in [0.15, 0.2) is 5.76 Å². The quantitative estimate of drug-likeness (QED) is 0.813. The molecule has 140 valence electrons. The van der Waals surface area contributed by atoms with E-state index >= 15 is 0 Å². The molecule has 26 heavy (non-hydrogen) atoms. The first-order valence-electron chi connectivity index (χ1n) is 9.28. The highest BCUT2D eigenvalue weighted by atomic mass is 16.5. The molecule has 3 heterocycles. The Hall–Kier alpha value is -2.31. The molecule has 1 saturated carbocycles. The highest BCUT2D eigenvalue weighted by Gasteiger charge is 2.50. The lowest BCUT2D eigenvalue weighted by atomic mass is 9.78. The number of rotatable bonds is 4. The van der Waals surface area contributed by atoms with E-state index in [1.807, 2.05) is 4.90 Å². The van der Waals surface area contributed by atoms with Gasteiger partial charge in [-0.1, -0.05) is 0 Å². The van der Waals surface area contributed by atoms with Gasteiger partial charge in [0.05, 0.1) is 12.5 Å². The molecule has 1 aromatic heterocycles. The lowest BCUT2D eigenvalue weighted by Crippen LogP contribution is -2.51. The SMILES string of the molecule is COc1coc(C(=O)N2CC[C@@]3(CCCN(CC4CC4)C3=O)C2)cc1=O. The number of piperidine rings is 1. The van der Waals surface area contributed by atoms with E-state index in [0.717, 1.165) is 38.3 Å². The average molecular weight is 360 g/mol. The molecule has 3 fully saturated rings. The van der Waals surface area contributed by atoms with Gasteiger partial charge in [0.2, 0.25) is 17.1 Å². The molecule has 0 radical (unpaired) electrons. The maximum absolute atomic E-state index is 13.1. The summed E-state index contributed by atoms with van der Waals surface area (Å²) in [4.78, 5) is 41.3. The summed E-state index contributed by atoms with van der Waals surface area (Å²) in [5.74, 6) is 0.584. The van der Waals surface area contributed by atoms with Crippen LogP contribution in [-0.2, 0) is 4.79 Å². The van der Waals surface area contributed by atoms with Crippen LogP contribution in [0, 0.1) is 11.3 Å². The molecule has 0 aromatic carbocycles. The molecule has 2 aliphatic heterocycles. The molecule has 7 nitrogen and oxygen atoms in total. The van der Waals surface area contributed by atoms with Crippen LogP contribution in [0.2, 0.25) is 0 Å². The fraction of sp³-hybridized carbons (Fsp3) is 0.632. The number of ether oxygens (including phenoxy) is 1. The van der Waals surface area contributed by atoms with E-state index in [0.29, 0.717) is 25.4 Å². The van der Waals surface area contributed by atoms with Crippen LogP contribution in [0.3, 0.4) is 0 Å². The smallest absolute Gasteiger partial charge is 0.289 e. The lowest BCUT2D eigenvalue weighted by Gasteiger charge is -2.39.